The largest absolute Gasteiger partial charge is 0.294 e. The maximum atomic E-state index is 12.0. The van der Waals surface area contributed by atoms with Crippen LogP contribution in [-0.2, 0) is 13.5 Å². The standard InChI is InChI=1S/C14H16N2O/c1-10-4-5-11(2)12(6-10)7-14(17)13-8-15-16(3)9-13/h4-6,8-9H,7H2,1-3H3. The van der Waals surface area contributed by atoms with E-state index in [2.05, 4.69) is 23.3 Å². The second kappa shape index (κ2) is 4.53. The Morgan fingerprint density at radius 3 is 2.76 bits per heavy atom. The average molecular weight is 228 g/mol. The third kappa shape index (κ3) is 2.61. The number of aromatic nitrogens is 2. The fourth-order valence-electron chi connectivity index (χ4n) is 1.83. The van der Waals surface area contributed by atoms with Crippen LogP contribution in [0.5, 0.6) is 0 Å². The number of carbonyl (C=O) groups excluding carboxylic acids is 1. The summed E-state index contributed by atoms with van der Waals surface area (Å²) in [6.45, 7) is 4.07. The molecule has 0 fully saturated rings. The van der Waals surface area contributed by atoms with Crippen molar-refractivity contribution in [1.29, 1.82) is 0 Å². The van der Waals surface area contributed by atoms with E-state index in [9.17, 15) is 4.79 Å². The van der Waals surface area contributed by atoms with Gasteiger partial charge in [0, 0.05) is 19.7 Å². The molecule has 0 bridgehead atoms. The molecular formula is C14H16N2O. The van der Waals surface area contributed by atoms with Gasteiger partial charge in [-0.05, 0) is 25.0 Å². The van der Waals surface area contributed by atoms with Gasteiger partial charge in [0.1, 0.15) is 0 Å². The van der Waals surface area contributed by atoms with Gasteiger partial charge in [0.15, 0.2) is 5.78 Å². The highest BCUT2D eigenvalue weighted by atomic mass is 16.1. The fourth-order valence-corrected chi connectivity index (χ4v) is 1.83. The molecule has 88 valence electrons. The van der Waals surface area contributed by atoms with E-state index >= 15 is 0 Å². The summed E-state index contributed by atoms with van der Waals surface area (Å²) >= 11 is 0. The molecule has 3 heteroatoms. The molecule has 2 aromatic rings. The smallest absolute Gasteiger partial charge is 0.170 e. The molecule has 0 radical (unpaired) electrons. The Hall–Kier alpha value is -1.90. The number of hydrogen-bond acceptors (Lipinski definition) is 2. The summed E-state index contributed by atoms with van der Waals surface area (Å²) in [6, 6.07) is 6.19. The van der Waals surface area contributed by atoms with E-state index in [1.54, 1.807) is 17.1 Å². The molecule has 17 heavy (non-hydrogen) atoms. The lowest BCUT2D eigenvalue weighted by atomic mass is 9.99. The van der Waals surface area contributed by atoms with Gasteiger partial charge in [-0.1, -0.05) is 23.8 Å². The Balaban J connectivity index is 2.21. The van der Waals surface area contributed by atoms with Gasteiger partial charge in [-0.25, -0.2) is 0 Å². The number of ketones is 1. The van der Waals surface area contributed by atoms with E-state index in [0.29, 0.717) is 12.0 Å². The van der Waals surface area contributed by atoms with Crippen LogP contribution in [0.2, 0.25) is 0 Å². The van der Waals surface area contributed by atoms with Crippen LogP contribution in [0, 0.1) is 13.8 Å². The molecule has 1 heterocycles. The maximum absolute atomic E-state index is 12.0. The van der Waals surface area contributed by atoms with Crippen molar-refractivity contribution in [1.82, 2.24) is 9.78 Å². The summed E-state index contributed by atoms with van der Waals surface area (Å²) < 4.78 is 1.65. The van der Waals surface area contributed by atoms with Gasteiger partial charge < -0.3 is 0 Å². The van der Waals surface area contributed by atoms with E-state index in [4.69, 9.17) is 0 Å². The Bertz CT molecular complexity index is 555. The molecule has 0 aliphatic heterocycles. The monoisotopic (exact) mass is 228 g/mol. The summed E-state index contributed by atoms with van der Waals surface area (Å²) in [7, 11) is 1.81. The van der Waals surface area contributed by atoms with Crippen LogP contribution < -0.4 is 0 Å². The third-order valence-electron chi connectivity index (χ3n) is 2.88. The van der Waals surface area contributed by atoms with E-state index in [0.717, 1.165) is 11.1 Å². The SMILES string of the molecule is Cc1ccc(C)c(CC(=O)c2cnn(C)c2)c1. The Morgan fingerprint density at radius 1 is 1.35 bits per heavy atom. The second-order valence-corrected chi connectivity index (χ2v) is 4.43. The van der Waals surface area contributed by atoms with Crippen molar-refractivity contribution in [2.24, 2.45) is 7.05 Å². The van der Waals surface area contributed by atoms with Crippen molar-refractivity contribution in [3.05, 3.63) is 52.8 Å². The van der Waals surface area contributed by atoms with Crippen molar-refractivity contribution in [2.45, 2.75) is 20.3 Å². The first-order chi connectivity index (χ1) is 8.06. The predicted molar refractivity (Wildman–Crippen MR) is 67.2 cm³/mol. The molecule has 0 unspecified atom stereocenters. The minimum absolute atomic E-state index is 0.117. The Kier molecular flexibility index (Phi) is 3.09. The highest BCUT2D eigenvalue weighted by Crippen LogP contribution is 2.13. The van der Waals surface area contributed by atoms with E-state index in [1.165, 1.54) is 5.56 Å². The molecule has 0 aliphatic rings. The van der Waals surface area contributed by atoms with Crippen LogP contribution in [0.1, 0.15) is 27.0 Å². The van der Waals surface area contributed by atoms with Crippen molar-refractivity contribution >= 4 is 5.78 Å². The number of benzene rings is 1. The topological polar surface area (TPSA) is 34.9 Å². The normalized spacial score (nSPS) is 10.5. The van der Waals surface area contributed by atoms with Crippen molar-refractivity contribution in [2.75, 3.05) is 0 Å². The van der Waals surface area contributed by atoms with Crippen molar-refractivity contribution in [3.63, 3.8) is 0 Å². The first-order valence-electron chi connectivity index (χ1n) is 5.64. The molecule has 3 nitrogen and oxygen atoms in total. The molecule has 0 saturated carbocycles. The van der Waals surface area contributed by atoms with Crippen molar-refractivity contribution < 1.29 is 4.79 Å². The summed E-state index contributed by atoms with van der Waals surface area (Å²) in [5.74, 6) is 0.117. The molecule has 1 aromatic heterocycles. The average Bonchev–Trinajstić information content (AvgIpc) is 2.70. The number of rotatable bonds is 3. The fraction of sp³-hybridized carbons (Fsp3) is 0.286. The van der Waals surface area contributed by atoms with Gasteiger partial charge in [-0.15, -0.1) is 0 Å². The molecule has 2 rings (SSSR count). The van der Waals surface area contributed by atoms with Crippen LogP contribution >= 0.6 is 0 Å². The van der Waals surface area contributed by atoms with Crippen LogP contribution in [0.4, 0.5) is 0 Å². The number of carbonyl (C=O) groups is 1. The van der Waals surface area contributed by atoms with Gasteiger partial charge in [0.2, 0.25) is 0 Å². The summed E-state index contributed by atoms with van der Waals surface area (Å²) in [5, 5.41) is 4.02. The van der Waals surface area contributed by atoms with Gasteiger partial charge in [0.05, 0.1) is 11.8 Å². The maximum Gasteiger partial charge on any atom is 0.170 e. The highest BCUT2D eigenvalue weighted by molar-refractivity contribution is 5.97. The quantitative estimate of drug-likeness (QED) is 0.756. The lowest BCUT2D eigenvalue weighted by molar-refractivity contribution is 0.0992. The number of hydrogen-bond donors (Lipinski definition) is 0. The number of Topliss-reactive ketones (excluding diaryl/α,β-unsaturated/α-hetero) is 1. The zero-order valence-corrected chi connectivity index (χ0v) is 10.4. The van der Waals surface area contributed by atoms with Crippen LogP contribution in [0.25, 0.3) is 0 Å². The number of aryl methyl sites for hydroxylation is 3. The van der Waals surface area contributed by atoms with Gasteiger partial charge in [0.25, 0.3) is 0 Å². The molecule has 0 spiro atoms. The summed E-state index contributed by atoms with van der Waals surface area (Å²) in [5.41, 5.74) is 4.12. The lowest BCUT2D eigenvalue weighted by Gasteiger charge is -2.05. The van der Waals surface area contributed by atoms with Gasteiger partial charge >= 0.3 is 0 Å². The van der Waals surface area contributed by atoms with Crippen LogP contribution in [-0.4, -0.2) is 15.6 Å². The second-order valence-electron chi connectivity index (χ2n) is 4.43. The van der Waals surface area contributed by atoms with Gasteiger partial charge in [-0.2, -0.15) is 5.10 Å². The summed E-state index contributed by atoms with van der Waals surface area (Å²) in [4.78, 5) is 12.0. The minimum Gasteiger partial charge on any atom is -0.294 e. The van der Waals surface area contributed by atoms with E-state index in [1.807, 2.05) is 20.9 Å². The highest BCUT2D eigenvalue weighted by Gasteiger charge is 2.10. The molecule has 0 amide bonds. The first-order valence-corrected chi connectivity index (χ1v) is 5.64. The predicted octanol–water partition coefficient (Wildman–Crippen LogP) is 2.46. The molecule has 0 N–H and O–H groups in total. The number of nitrogens with zero attached hydrogens (tertiary/aromatic N) is 2. The zero-order chi connectivity index (χ0) is 12.4. The zero-order valence-electron chi connectivity index (χ0n) is 10.4. The first kappa shape index (κ1) is 11.6. The van der Waals surface area contributed by atoms with E-state index < -0.39 is 0 Å². The minimum atomic E-state index is 0.117. The molecule has 0 saturated heterocycles. The Labute approximate surface area is 101 Å². The molecule has 0 atom stereocenters. The van der Waals surface area contributed by atoms with E-state index in [-0.39, 0.29) is 5.78 Å². The molecule has 0 aliphatic carbocycles. The third-order valence-corrected chi connectivity index (χ3v) is 2.88. The molecular weight excluding hydrogens is 212 g/mol. The van der Waals surface area contributed by atoms with Crippen LogP contribution in [0.15, 0.2) is 30.6 Å². The lowest BCUT2D eigenvalue weighted by Crippen LogP contribution is -2.04. The van der Waals surface area contributed by atoms with Crippen LogP contribution in [0.3, 0.4) is 0 Å². The molecule has 1 aromatic carbocycles. The van der Waals surface area contributed by atoms with Crippen molar-refractivity contribution in [3.8, 4) is 0 Å². The summed E-state index contributed by atoms with van der Waals surface area (Å²) in [6.07, 6.45) is 3.82. The van der Waals surface area contributed by atoms with Gasteiger partial charge in [-0.3, -0.25) is 9.48 Å². The Morgan fingerprint density at radius 2 is 2.12 bits per heavy atom.